The van der Waals surface area contributed by atoms with Gasteiger partial charge in [0.05, 0.1) is 32.6 Å². The topological polar surface area (TPSA) is 76.0 Å². The number of carbonyl (C=O) groups excluding carboxylic acids is 1. The van der Waals surface area contributed by atoms with E-state index in [4.69, 9.17) is 13.9 Å². The highest BCUT2D eigenvalue weighted by atomic mass is 16.5. The number of ether oxygens (including phenoxy) is 2. The second-order valence-electron chi connectivity index (χ2n) is 5.74. The van der Waals surface area contributed by atoms with Gasteiger partial charge in [-0.2, -0.15) is 0 Å². The van der Waals surface area contributed by atoms with Crippen LogP contribution in [0.5, 0.6) is 5.75 Å². The first-order chi connectivity index (χ1) is 12.3. The van der Waals surface area contributed by atoms with Crippen molar-refractivity contribution in [1.29, 1.82) is 0 Å². The fraction of sp³-hybridized carbons (Fsp3) is 0.389. The van der Waals surface area contributed by atoms with Gasteiger partial charge in [-0.1, -0.05) is 0 Å². The first-order valence-electron chi connectivity index (χ1n) is 8.30. The minimum absolute atomic E-state index is 0.0134. The van der Waals surface area contributed by atoms with E-state index in [2.05, 4.69) is 15.5 Å². The van der Waals surface area contributed by atoms with Crippen molar-refractivity contribution in [2.24, 2.45) is 0 Å². The molecule has 1 aliphatic rings. The molecule has 1 unspecified atom stereocenters. The maximum Gasteiger partial charge on any atom is 0.319 e. The second kappa shape index (κ2) is 8.55. The lowest BCUT2D eigenvalue weighted by atomic mass is 10.1. The van der Waals surface area contributed by atoms with E-state index in [0.29, 0.717) is 25.4 Å². The number of hydrogen-bond acceptors (Lipinski definition) is 5. The lowest BCUT2D eigenvalue weighted by molar-refractivity contribution is 0.0124. The highest BCUT2D eigenvalue weighted by Gasteiger charge is 2.25. The van der Waals surface area contributed by atoms with Gasteiger partial charge in [0, 0.05) is 25.3 Å². The zero-order valence-electron chi connectivity index (χ0n) is 14.2. The van der Waals surface area contributed by atoms with Crippen LogP contribution in [0, 0.1) is 0 Å². The van der Waals surface area contributed by atoms with Gasteiger partial charge in [-0.3, -0.25) is 4.90 Å². The highest BCUT2D eigenvalue weighted by Crippen LogP contribution is 2.22. The molecule has 0 spiro atoms. The lowest BCUT2D eigenvalue weighted by Crippen LogP contribution is -2.44. The van der Waals surface area contributed by atoms with Crippen LogP contribution >= 0.6 is 0 Å². The number of methoxy groups -OCH3 is 1. The van der Waals surface area contributed by atoms with Crippen molar-refractivity contribution in [2.45, 2.75) is 6.04 Å². The third-order valence-corrected chi connectivity index (χ3v) is 4.16. The monoisotopic (exact) mass is 345 g/mol. The Kier molecular flexibility index (Phi) is 5.92. The number of amides is 2. The van der Waals surface area contributed by atoms with E-state index >= 15 is 0 Å². The van der Waals surface area contributed by atoms with E-state index in [1.54, 1.807) is 37.6 Å². The molecule has 1 aromatic carbocycles. The third kappa shape index (κ3) is 4.74. The molecule has 7 nitrogen and oxygen atoms in total. The normalized spacial score (nSPS) is 16.2. The maximum absolute atomic E-state index is 12.2. The van der Waals surface area contributed by atoms with Crippen LogP contribution < -0.4 is 15.4 Å². The Bertz CT molecular complexity index is 651. The smallest absolute Gasteiger partial charge is 0.319 e. The molecule has 1 atom stereocenters. The number of rotatable bonds is 6. The van der Waals surface area contributed by atoms with Crippen LogP contribution in [-0.2, 0) is 4.74 Å². The van der Waals surface area contributed by atoms with Crippen molar-refractivity contribution >= 4 is 11.7 Å². The Morgan fingerprint density at radius 3 is 2.64 bits per heavy atom. The number of anilines is 1. The summed E-state index contributed by atoms with van der Waals surface area (Å²) in [7, 11) is 1.61. The van der Waals surface area contributed by atoms with Crippen LogP contribution in [-0.4, -0.2) is 50.9 Å². The van der Waals surface area contributed by atoms with Gasteiger partial charge >= 0.3 is 6.03 Å². The van der Waals surface area contributed by atoms with E-state index in [0.717, 1.165) is 24.6 Å². The Labute approximate surface area is 146 Å². The summed E-state index contributed by atoms with van der Waals surface area (Å²) in [5, 5.41) is 5.74. The Hall–Kier alpha value is -2.51. The van der Waals surface area contributed by atoms with Crippen LogP contribution in [0.2, 0.25) is 0 Å². The molecule has 7 heteroatoms. The summed E-state index contributed by atoms with van der Waals surface area (Å²) >= 11 is 0. The average molecular weight is 345 g/mol. The first-order valence-corrected chi connectivity index (χ1v) is 8.30. The van der Waals surface area contributed by atoms with Crippen molar-refractivity contribution in [1.82, 2.24) is 10.2 Å². The van der Waals surface area contributed by atoms with Gasteiger partial charge in [0.15, 0.2) is 0 Å². The summed E-state index contributed by atoms with van der Waals surface area (Å²) in [4.78, 5) is 14.5. The van der Waals surface area contributed by atoms with Gasteiger partial charge in [-0.05, 0) is 36.4 Å². The Morgan fingerprint density at radius 1 is 1.24 bits per heavy atom. The number of carbonyl (C=O) groups is 1. The van der Waals surface area contributed by atoms with Gasteiger partial charge in [0.25, 0.3) is 0 Å². The quantitative estimate of drug-likeness (QED) is 0.841. The third-order valence-electron chi connectivity index (χ3n) is 4.16. The van der Waals surface area contributed by atoms with Crippen LogP contribution in [0.15, 0.2) is 47.1 Å². The molecule has 2 amide bonds. The van der Waals surface area contributed by atoms with E-state index in [9.17, 15) is 4.79 Å². The first kappa shape index (κ1) is 17.3. The molecule has 0 saturated carbocycles. The number of urea groups is 1. The number of nitrogens with one attached hydrogen (secondary N) is 2. The predicted octanol–water partition coefficient (Wildman–Crippen LogP) is 2.48. The van der Waals surface area contributed by atoms with Gasteiger partial charge in [0.2, 0.25) is 0 Å². The number of benzene rings is 1. The van der Waals surface area contributed by atoms with Crippen molar-refractivity contribution in [2.75, 3.05) is 45.3 Å². The second-order valence-corrected chi connectivity index (χ2v) is 5.74. The van der Waals surface area contributed by atoms with Gasteiger partial charge in [-0.15, -0.1) is 0 Å². The molecule has 2 aromatic rings. The minimum atomic E-state index is -0.255. The fourth-order valence-electron chi connectivity index (χ4n) is 2.82. The van der Waals surface area contributed by atoms with E-state index in [1.165, 1.54) is 0 Å². The SMILES string of the molecule is COc1ccc(NC(=O)NCC(c2ccco2)N2CCOCC2)cc1. The van der Waals surface area contributed by atoms with Crippen molar-refractivity contribution < 1.29 is 18.7 Å². The molecule has 1 fully saturated rings. The maximum atomic E-state index is 12.2. The highest BCUT2D eigenvalue weighted by molar-refractivity contribution is 5.89. The molecule has 0 aliphatic carbocycles. The van der Waals surface area contributed by atoms with Crippen LogP contribution in [0.4, 0.5) is 10.5 Å². The average Bonchev–Trinajstić information content (AvgIpc) is 3.18. The van der Waals surface area contributed by atoms with E-state index in [1.807, 2.05) is 12.1 Å². The molecular weight excluding hydrogens is 322 g/mol. The van der Waals surface area contributed by atoms with Crippen LogP contribution in [0.25, 0.3) is 0 Å². The molecule has 2 heterocycles. The summed E-state index contributed by atoms with van der Waals surface area (Å²) in [6, 6.07) is 10.7. The minimum Gasteiger partial charge on any atom is -0.497 e. The molecule has 0 bridgehead atoms. The van der Waals surface area contributed by atoms with Crippen molar-refractivity contribution in [3.63, 3.8) is 0 Å². The summed E-state index contributed by atoms with van der Waals surface area (Å²) in [5.74, 6) is 1.59. The Morgan fingerprint density at radius 2 is 2.00 bits per heavy atom. The van der Waals surface area contributed by atoms with E-state index in [-0.39, 0.29) is 12.1 Å². The lowest BCUT2D eigenvalue weighted by Gasteiger charge is -2.33. The van der Waals surface area contributed by atoms with Gasteiger partial charge in [0.1, 0.15) is 11.5 Å². The van der Waals surface area contributed by atoms with Gasteiger partial charge < -0.3 is 24.5 Å². The van der Waals surface area contributed by atoms with Gasteiger partial charge in [-0.25, -0.2) is 4.79 Å². The van der Waals surface area contributed by atoms with Crippen LogP contribution in [0.1, 0.15) is 11.8 Å². The molecule has 1 aliphatic heterocycles. The molecule has 1 saturated heterocycles. The zero-order valence-corrected chi connectivity index (χ0v) is 14.2. The summed E-state index contributed by atoms with van der Waals surface area (Å²) < 4.78 is 16.1. The number of hydrogen-bond donors (Lipinski definition) is 2. The summed E-state index contributed by atoms with van der Waals surface area (Å²) in [6.07, 6.45) is 1.65. The molecular formula is C18H23N3O4. The molecule has 2 N–H and O–H groups in total. The zero-order chi connectivity index (χ0) is 17.5. The van der Waals surface area contributed by atoms with E-state index < -0.39 is 0 Å². The van der Waals surface area contributed by atoms with Crippen molar-refractivity contribution in [3.05, 3.63) is 48.4 Å². The number of furan rings is 1. The largest absolute Gasteiger partial charge is 0.497 e. The summed E-state index contributed by atoms with van der Waals surface area (Å²) in [6.45, 7) is 3.46. The molecule has 25 heavy (non-hydrogen) atoms. The molecule has 3 rings (SSSR count). The van der Waals surface area contributed by atoms with Crippen molar-refractivity contribution in [3.8, 4) is 5.75 Å². The number of nitrogens with zero attached hydrogens (tertiary/aromatic N) is 1. The Balaban J connectivity index is 1.57. The number of morpholine rings is 1. The van der Waals surface area contributed by atoms with Crippen LogP contribution in [0.3, 0.4) is 0 Å². The molecule has 1 aromatic heterocycles. The predicted molar refractivity (Wildman–Crippen MR) is 93.9 cm³/mol. The standard InChI is InChI=1S/C18H23N3O4/c1-23-15-6-4-14(5-7-15)20-18(22)19-13-16(17-3-2-10-25-17)21-8-11-24-12-9-21/h2-7,10,16H,8-9,11-13H2,1H3,(H2,19,20,22). The molecule has 134 valence electrons. The fourth-order valence-corrected chi connectivity index (χ4v) is 2.82. The summed E-state index contributed by atoms with van der Waals surface area (Å²) in [5.41, 5.74) is 0.708. The molecule has 0 radical (unpaired) electrons.